The molecule has 1 atom stereocenters. The van der Waals surface area contributed by atoms with Crippen molar-refractivity contribution in [2.24, 2.45) is 0 Å². The van der Waals surface area contributed by atoms with Crippen molar-refractivity contribution in [1.29, 1.82) is 0 Å². The average molecular weight is 494 g/mol. The van der Waals surface area contributed by atoms with E-state index in [1.54, 1.807) is 5.32 Å². The van der Waals surface area contributed by atoms with E-state index in [4.69, 9.17) is 17.3 Å². The van der Waals surface area contributed by atoms with Crippen molar-refractivity contribution in [2.45, 2.75) is 28.5 Å². The Hall–Kier alpha value is -2.83. The predicted octanol–water partition coefficient (Wildman–Crippen LogP) is 2.71. The quantitative estimate of drug-likeness (QED) is 0.549. The van der Waals surface area contributed by atoms with Crippen LogP contribution in [0.4, 0.5) is 24.5 Å². The third-order valence-corrected chi connectivity index (χ3v) is 6.72. The van der Waals surface area contributed by atoms with Crippen LogP contribution in [0.2, 0.25) is 5.02 Å². The Labute approximate surface area is 186 Å². The fraction of sp³-hybridized carbons (Fsp3) is 0.263. The first-order valence-corrected chi connectivity index (χ1v) is 10.6. The van der Waals surface area contributed by atoms with Gasteiger partial charge in [-0.25, -0.2) is 8.42 Å². The van der Waals surface area contributed by atoms with Gasteiger partial charge in [-0.15, -0.1) is 0 Å². The van der Waals surface area contributed by atoms with Crippen molar-refractivity contribution >= 4 is 44.6 Å². The lowest BCUT2D eigenvalue weighted by molar-refractivity contribution is -0.242. The monoisotopic (exact) mass is 493 g/mol. The zero-order chi connectivity index (χ0) is 24.6. The van der Waals surface area contributed by atoms with E-state index in [0.29, 0.717) is 0 Å². The van der Waals surface area contributed by atoms with Crippen molar-refractivity contribution in [3.05, 3.63) is 47.0 Å². The average Bonchev–Trinajstić information content (AvgIpc) is 2.69. The number of nitrogen functional groups attached to an aromatic ring is 1. The van der Waals surface area contributed by atoms with Crippen LogP contribution in [0, 0.1) is 0 Å². The highest BCUT2D eigenvalue weighted by Gasteiger charge is 2.55. The van der Waals surface area contributed by atoms with Gasteiger partial charge in [-0.05, 0) is 43.3 Å². The molecule has 2 amide bonds. The molecule has 13 heteroatoms. The van der Waals surface area contributed by atoms with E-state index in [1.807, 2.05) is 0 Å². The van der Waals surface area contributed by atoms with E-state index in [2.05, 4.69) is 0 Å². The summed E-state index contributed by atoms with van der Waals surface area (Å²) >= 11 is 5.98. The maximum absolute atomic E-state index is 12.9. The van der Waals surface area contributed by atoms with Gasteiger partial charge in [-0.2, -0.15) is 13.2 Å². The fourth-order valence-corrected chi connectivity index (χ4v) is 4.10. The first-order chi connectivity index (χ1) is 14.5. The van der Waals surface area contributed by atoms with Gasteiger partial charge in [0.2, 0.25) is 15.4 Å². The molecule has 0 fully saturated rings. The Morgan fingerprint density at radius 3 is 2.09 bits per heavy atom. The number of hydrogen-bond donors (Lipinski definition) is 3. The van der Waals surface area contributed by atoms with Crippen LogP contribution in [-0.2, 0) is 14.6 Å². The van der Waals surface area contributed by atoms with Gasteiger partial charge in [0.1, 0.15) is 0 Å². The topological polar surface area (TPSA) is 130 Å². The maximum atomic E-state index is 12.9. The Morgan fingerprint density at radius 1 is 1.09 bits per heavy atom. The zero-order valence-electron chi connectivity index (χ0n) is 17.0. The summed E-state index contributed by atoms with van der Waals surface area (Å²) in [7, 11) is -1.16. The number of amides is 2. The number of nitrogens with zero attached hydrogens (tertiary/aromatic N) is 1. The van der Waals surface area contributed by atoms with Crippen LogP contribution in [0.5, 0.6) is 0 Å². The molecule has 0 spiro atoms. The van der Waals surface area contributed by atoms with Gasteiger partial charge in [0.15, 0.2) is 0 Å². The molecule has 0 aliphatic heterocycles. The van der Waals surface area contributed by atoms with Crippen LogP contribution in [0.15, 0.2) is 46.2 Å². The van der Waals surface area contributed by atoms with E-state index in [1.165, 1.54) is 43.3 Å². The summed E-state index contributed by atoms with van der Waals surface area (Å²) in [6.07, 6.45) is -5.27. The Kier molecular flexibility index (Phi) is 6.84. The van der Waals surface area contributed by atoms with Crippen LogP contribution in [0.25, 0.3) is 0 Å². The number of sulfone groups is 1. The molecule has 2 rings (SSSR count). The molecule has 0 bridgehead atoms. The van der Waals surface area contributed by atoms with Gasteiger partial charge >= 0.3 is 6.18 Å². The van der Waals surface area contributed by atoms with Crippen LogP contribution in [0.3, 0.4) is 0 Å². The molecule has 174 valence electrons. The highest BCUT2D eigenvalue weighted by atomic mass is 35.5. The minimum Gasteiger partial charge on any atom is -0.396 e. The van der Waals surface area contributed by atoms with E-state index in [-0.39, 0.29) is 23.3 Å². The molecule has 2 aromatic rings. The van der Waals surface area contributed by atoms with Crippen molar-refractivity contribution in [3.8, 4) is 0 Å². The van der Waals surface area contributed by atoms with Crippen molar-refractivity contribution in [2.75, 3.05) is 25.1 Å². The number of benzene rings is 2. The Bertz CT molecular complexity index is 1160. The lowest BCUT2D eigenvalue weighted by Crippen LogP contribution is -2.52. The second-order valence-corrected chi connectivity index (χ2v) is 9.39. The molecule has 4 N–H and O–H groups in total. The molecule has 2 aromatic carbocycles. The molecule has 0 radical (unpaired) electrons. The largest absolute Gasteiger partial charge is 0.426 e. The van der Waals surface area contributed by atoms with Crippen molar-refractivity contribution in [1.82, 2.24) is 4.90 Å². The van der Waals surface area contributed by atoms with E-state index in [9.17, 15) is 36.3 Å². The van der Waals surface area contributed by atoms with E-state index >= 15 is 0 Å². The molecule has 0 aliphatic carbocycles. The molecule has 0 saturated heterocycles. The Morgan fingerprint density at radius 2 is 1.62 bits per heavy atom. The number of hydrogen-bond acceptors (Lipinski definition) is 6. The number of aliphatic hydroxyl groups is 1. The smallest absolute Gasteiger partial charge is 0.396 e. The summed E-state index contributed by atoms with van der Waals surface area (Å²) < 4.78 is 64.3. The first kappa shape index (κ1) is 25.4. The molecular formula is C19H19ClF3N3O5S. The molecule has 0 unspecified atom stereocenters. The number of alkyl halides is 3. The molecular weight excluding hydrogens is 475 g/mol. The van der Waals surface area contributed by atoms with Crippen molar-refractivity contribution in [3.63, 3.8) is 0 Å². The summed E-state index contributed by atoms with van der Waals surface area (Å²) in [5, 5.41) is 10.7. The summed E-state index contributed by atoms with van der Waals surface area (Å²) in [5.41, 5.74) is 1.36. The number of halogens is 4. The van der Waals surface area contributed by atoms with Gasteiger partial charge in [0.25, 0.3) is 11.8 Å². The van der Waals surface area contributed by atoms with E-state index < -0.39 is 48.8 Å². The number of nitrogens with two attached hydrogens (primary N) is 1. The predicted molar refractivity (Wildman–Crippen MR) is 111 cm³/mol. The fourth-order valence-electron chi connectivity index (χ4n) is 2.44. The van der Waals surface area contributed by atoms with Gasteiger partial charge in [0.05, 0.1) is 26.2 Å². The first-order valence-electron chi connectivity index (χ1n) is 8.77. The summed E-state index contributed by atoms with van der Waals surface area (Å²) in [6, 6.07) is 6.89. The van der Waals surface area contributed by atoms with Crippen LogP contribution in [0.1, 0.15) is 17.3 Å². The highest BCUT2D eigenvalue weighted by Crippen LogP contribution is 2.37. The second-order valence-electron chi connectivity index (χ2n) is 7.09. The molecule has 0 aromatic heterocycles. The minimum atomic E-state index is -5.27. The van der Waals surface area contributed by atoms with Gasteiger partial charge in [-0.1, -0.05) is 11.6 Å². The lowest BCUT2D eigenvalue weighted by atomic mass is 10.1. The van der Waals surface area contributed by atoms with Crippen LogP contribution < -0.4 is 11.1 Å². The number of rotatable bonds is 5. The lowest BCUT2D eigenvalue weighted by Gasteiger charge is -2.25. The van der Waals surface area contributed by atoms with Crippen LogP contribution in [-0.4, -0.2) is 56.1 Å². The zero-order valence-corrected chi connectivity index (χ0v) is 18.6. The number of anilines is 2. The van der Waals surface area contributed by atoms with Gasteiger partial charge < -0.3 is 21.1 Å². The molecule has 0 aliphatic rings. The SMILES string of the molecule is CN(C)C(=O)c1ccc(S(=O)(=O)c2ccc(NC(=O)[C@@](C)(O)C(F)(F)F)c(Cl)c2N)cc1. The van der Waals surface area contributed by atoms with Gasteiger partial charge in [0, 0.05) is 19.7 Å². The third-order valence-electron chi connectivity index (χ3n) is 4.49. The molecule has 32 heavy (non-hydrogen) atoms. The third kappa shape index (κ3) is 4.66. The number of nitrogens with one attached hydrogen (secondary N) is 1. The normalized spacial score (nSPS) is 13.9. The van der Waals surface area contributed by atoms with Gasteiger partial charge in [-0.3, -0.25) is 9.59 Å². The Balaban J connectivity index is 2.41. The summed E-state index contributed by atoms with van der Waals surface area (Å²) in [4.78, 5) is 24.4. The maximum Gasteiger partial charge on any atom is 0.426 e. The molecule has 0 heterocycles. The number of carbonyl (C=O) groups excluding carboxylic acids is 2. The summed E-state index contributed by atoms with van der Waals surface area (Å²) in [5.74, 6) is -2.17. The minimum absolute atomic E-state index is 0.215. The van der Waals surface area contributed by atoms with Crippen LogP contribution >= 0.6 is 11.6 Å². The molecule has 8 nitrogen and oxygen atoms in total. The molecule has 0 saturated carbocycles. The standard InChI is InChI=1S/C19H19ClF3N3O5S/c1-18(29,19(21,22)23)17(28)25-12-8-9-13(15(24)14(12)20)32(30,31)11-6-4-10(5-7-11)16(27)26(2)3/h4-9,29H,24H2,1-3H3,(H,25,28)/t18-/m1/s1. The summed E-state index contributed by atoms with van der Waals surface area (Å²) in [6.45, 7) is 0.253. The van der Waals surface area contributed by atoms with E-state index in [0.717, 1.165) is 12.1 Å². The van der Waals surface area contributed by atoms with Crippen molar-refractivity contribution < 1.29 is 36.3 Å². The second kappa shape index (κ2) is 8.60. The number of carbonyl (C=O) groups is 2. The highest BCUT2D eigenvalue weighted by molar-refractivity contribution is 7.91.